The summed E-state index contributed by atoms with van der Waals surface area (Å²) in [5, 5.41) is 5.90. The average Bonchev–Trinajstić information content (AvgIpc) is 2.76. The minimum atomic E-state index is 0.101. The first kappa shape index (κ1) is 17.1. The SMILES string of the molecule is Cc1csc(CNC(=O)CCC(CCN)C(C)(C)C)n1. The van der Waals surface area contributed by atoms with Crippen molar-refractivity contribution in [3.63, 3.8) is 0 Å². The van der Waals surface area contributed by atoms with E-state index in [-0.39, 0.29) is 11.3 Å². The zero-order valence-electron chi connectivity index (χ0n) is 13.0. The summed E-state index contributed by atoms with van der Waals surface area (Å²) >= 11 is 1.59. The van der Waals surface area contributed by atoms with Crippen LogP contribution in [0.3, 0.4) is 0 Å². The molecule has 1 heterocycles. The normalized spacial score (nSPS) is 13.2. The molecule has 1 rings (SSSR count). The molecule has 5 heteroatoms. The Balaban J connectivity index is 2.34. The van der Waals surface area contributed by atoms with Crippen molar-refractivity contribution in [3.05, 3.63) is 16.1 Å². The van der Waals surface area contributed by atoms with Crippen molar-refractivity contribution in [1.82, 2.24) is 10.3 Å². The van der Waals surface area contributed by atoms with Gasteiger partial charge in [0.25, 0.3) is 0 Å². The number of amides is 1. The van der Waals surface area contributed by atoms with Crippen molar-refractivity contribution in [1.29, 1.82) is 0 Å². The second kappa shape index (κ2) is 7.74. The summed E-state index contributed by atoms with van der Waals surface area (Å²) in [7, 11) is 0. The highest BCUT2D eigenvalue weighted by Crippen LogP contribution is 2.31. The molecule has 0 aliphatic carbocycles. The summed E-state index contributed by atoms with van der Waals surface area (Å²) in [6.45, 7) is 9.82. The van der Waals surface area contributed by atoms with Crippen LogP contribution in [0, 0.1) is 18.3 Å². The van der Waals surface area contributed by atoms with Gasteiger partial charge in [0, 0.05) is 17.5 Å². The molecule has 1 amide bonds. The van der Waals surface area contributed by atoms with Gasteiger partial charge in [-0.05, 0) is 37.6 Å². The van der Waals surface area contributed by atoms with E-state index in [4.69, 9.17) is 5.73 Å². The van der Waals surface area contributed by atoms with E-state index in [0.29, 0.717) is 25.4 Å². The summed E-state index contributed by atoms with van der Waals surface area (Å²) in [4.78, 5) is 16.2. The Morgan fingerprint density at radius 3 is 2.65 bits per heavy atom. The molecule has 1 unspecified atom stereocenters. The number of carbonyl (C=O) groups is 1. The molecule has 0 aliphatic rings. The number of nitrogens with zero attached hydrogens (tertiary/aromatic N) is 1. The lowest BCUT2D eigenvalue weighted by molar-refractivity contribution is -0.121. The predicted molar refractivity (Wildman–Crippen MR) is 84.5 cm³/mol. The van der Waals surface area contributed by atoms with Gasteiger partial charge in [0.05, 0.1) is 6.54 Å². The Morgan fingerprint density at radius 1 is 1.45 bits per heavy atom. The Labute approximate surface area is 126 Å². The molecule has 0 fully saturated rings. The summed E-state index contributed by atoms with van der Waals surface area (Å²) < 4.78 is 0. The molecule has 0 radical (unpaired) electrons. The Hall–Kier alpha value is -0.940. The summed E-state index contributed by atoms with van der Waals surface area (Å²) in [5.41, 5.74) is 6.87. The third kappa shape index (κ3) is 6.01. The Bertz CT molecular complexity index is 423. The molecule has 3 N–H and O–H groups in total. The van der Waals surface area contributed by atoms with Gasteiger partial charge < -0.3 is 11.1 Å². The molecule has 114 valence electrons. The molecule has 1 aromatic heterocycles. The molecule has 0 aromatic carbocycles. The van der Waals surface area contributed by atoms with E-state index in [1.165, 1.54) is 0 Å². The number of carbonyl (C=O) groups excluding carboxylic acids is 1. The van der Waals surface area contributed by atoms with Crippen LogP contribution in [0.4, 0.5) is 0 Å². The molecule has 0 saturated heterocycles. The van der Waals surface area contributed by atoms with Crippen LogP contribution >= 0.6 is 11.3 Å². The van der Waals surface area contributed by atoms with Gasteiger partial charge in [-0.2, -0.15) is 0 Å². The van der Waals surface area contributed by atoms with Crippen LogP contribution in [0.5, 0.6) is 0 Å². The maximum absolute atomic E-state index is 11.9. The summed E-state index contributed by atoms with van der Waals surface area (Å²) in [5.74, 6) is 0.587. The average molecular weight is 297 g/mol. The van der Waals surface area contributed by atoms with Gasteiger partial charge >= 0.3 is 0 Å². The van der Waals surface area contributed by atoms with Gasteiger partial charge in [-0.1, -0.05) is 20.8 Å². The molecule has 1 aromatic rings. The van der Waals surface area contributed by atoms with Crippen molar-refractivity contribution in [2.24, 2.45) is 17.1 Å². The quantitative estimate of drug-likeness (QED) is 0.813. The van der Waals surface area contributed by atoms with E-state index >= 15 is 0 Å². The van der Waals surface area contributed by atoms with Crippen LogP contribution in [0.2, 0.25) is 0 Å². The van der Waals surface area contributed by atoms with E-state index in [1.54, 1.807) is 11.3 Å². The molecular weight excluding hydrogens is 270 g/mol. The number of nitrogens with two attached hydrogens (primary N) is 1. The standard InChI is InChI=1S/C15H27N3OS/c1-11-10-20-14(18-11)9-17-13(19)6-5-12(7-8-16)15(2,3)4/h10,12H,5-9,16H2,1-4H3,(H,17,19). The molecule has 0 aliphatic heterocycles. The van der Waals surface area contributed by atoms with Gasteiger partial charge in [0.15, 0.2) is 0 Å². The predicted octanol–water partition coefficient (Wildman–Crippen LogP) is 2.86. The second-order valence-corrected chi connectivity index (χ2v) is 7.28. The number of aromatic nitrogens is 1. The largest absolute Gasteiger partial charge is 0.350 e. The lowest BCUT2D eigenvalue weighted by Gasteiger charge is -2.30. The maximum atomic E-state index is 11.9. The Morgan fingerprint density at radius 2 is 2.15 bits per heavy atom. The molecular formula is C15H27N3OS. The van der Waals surface area contributed by atoms with Gasteiger partial charge in [-0.25, -0.2) is 4.98 Å². The third-order valence-corrected chi connectivity index (χ3v) is 4.53. The lowest BCUT2D eigenvalue weighted by atomic mass is 9.76. The fraction of sp³-hybridized carbons (Fsp3) is 0.733. The van der Waals surface area contributed by atoms with Gasteiger partial charge in [-0.3, -0.25) is 4.79 Å². The van der Waals surface area contributed by atoms with Crippen molar-refractivity contribution in [2.75, 3.05) is 6.54 Å². The van der Waals surface area contributed by atoms with Crippen LogP contribution in [0.15, 0.2) is 5.38 Å². The van der Waals surface area contributed by atoms with E-state index in [1.807, 2.05) is 12.3 Å². The minimum Gasteiger partial charge on any atom is -0.350 e. The van der Waals surface area contributed by atoms with Crippen molar-refractivity contribution in [2.45, 2.75) is 53.5 Å². The second-order valence-electron chi connectivity index (χ2n) is 6.34. The summed E-state index contributed by atoms with van der Waals surface area (Å²) in [6, 6.07) is 0. The zero-order chi connectivity index (χ0) is 15.2. The van der Waals surface area contributed by atoms with E-state index in [9.17, 15) is 4.79 Å². The fourth-order valence-corrected chi connectivity index (χ4v) is 2.97. The monoisotopic (exact) mass is 297 g/mol. The van der Waals surface area contributed by atoms with Crippen LogP contribution in [-0.2, 0) is 11.3 Å². The van der Waals surface area contributed by atoms with Crippen LogP contribution < -0.4 is 11.1 Å². The number of hydrogen-bond acceptors (Lipinski definition) is 4. The van der Waals surface area contributed by atoms with Gasteiger partial charge in [-0.15, -0.1) is 11.3 Å². The van der Waals surface area contributed by atoms with Crippen molar-refractivity contribution < 1.29 is 4.79 Å². The van der Waals surface area contributed by atoms with Gasteiger partial charge in [0.2, 0.25) is 5.91 Å². The minimum absolute atomic E-state index is 0.101. The fourth-order valence-electron chi connectivity index (χ4n) is 2.26. The highest BCUT2D eigenvalue weighted by molar-refractivity contribution is 7.09. The van der Waals surface area contributed by atoms with E-state index in [2.05, 4.69) is 31.1 Å². The van der Waals surface area contributed by atoms with Crippen LogP contribution in [0.25, 0.3) is 0 Å². The Kier molecular flexibility index (Phi) is 6.62. The lowest BCUT2D eigenvalue weighted by Crippen LogP contribution is -2.27. The number of rotatable bonds is 7. The highest BCUT2D eigenvalue weighted by Gasteiger charge is 2.24. The smallest absolute Gasteiger partial charge is 0.220 e. The first-order valence-corrected chi connectivity index (χ1v) is 8.08. The maximum Gasteiger partial charge on any atom is 0.220 e. The first-order valence-electron chi connectivity index (χ1n) is 7.20. The third-order valence-electron chi connectivity index (χ3n) is 3.56. The molecule has 0 bridgehead atoms. The topological polar surface area (TPSA) is 68.0 Å². The molecule has 1 atom stereocenters. The van der Waals surface area contributed by atoms with Crippen molar-refractivity contribution >= 4 is 17.2 Å². The number of nitrogens with one attached hydrogen (secondary N) is 1. The summed E-state index contributed by atoms with van der Waals surface area (Å²) in [6.07, 6.45) is 2.43. The number of hydrogen-bond donors (Lipinski definition) is 2. The first-order chi connectivity index (χ1) is 9.32. The van der Waals surface area contributed by atoms with E-state index < -0.39 is 0 Å². The number of thiazole rings is 1. The zero-order valence-corrected chi connectivity index (χ0v) is 13.8. The van der Waals surface area contributed by atoms with Gasteiger partial charge in [0.1, 0.15) is 5.01 Å². The highest BCUT2D eigenvalue weighted by atomic mass is 32.1. The molecule has 0 spiro atoms. The molecule has 20 heavy (non-hydrogen) atoms. The van der Waals surface area contributed by atoms with Crippen molar-refractivity contribution in [3.8, 4) is 0 Å². The van der Waals surface area contributed by atoms with Crippen LogP contribution in [0.1, 0.15) is 50.7 Å². The van der Waals surface area contributed by atoms with Crippen LogP contribution in [-0.4, -0.2) is 17.4 Å². The number of aryl methyl sites for hydroxylation is 1. The molecule has 0 saturated carbocycles. The van der Waals surface area contributed by atoms with E-state index in [0.717, 1.165) is 23.5 Å². The molecule has 4 nitrogen and oxygen atoms in total.